The van der Waals surface area contributed by atoms with Crippen LogP contribution in [0.4, 0.5) is 5.69 Å². The molecule has 0 saturated heterocycles. The summed E-state index contributed by atoms with van der Waals surface area (Å²) in [5, 5.41) is 6.23. The van der Waals surface area contributed by atoms with Crippen molar-refractivity contribution in [3.05, 3.63) is 29.8 Å². The van der Waals surface area contributed by atoms with Gasteiger partial charge in [0, 0.05) is 23.6 Å². The SMILES string of the molecule is CCc1ccc(NC(=O)C2CCC(C(=O)NC3CCCC3)CC2)cc1. The van der Waals surface area contributed by atoms with E-state index in [1.807, 2.05) is 12.1 Å². The molecule has 2 aliphatic rings. The summed E-state index contributed by atoms with van der Waals surface area (Å²) >= 11 is 0. The van der Waals surface area contributed by atoms with Crippen molar-refractivity contribution in [1.82, 2.24) is 5.32 Å². The standard InChI is InChI=1S/C21H30N2O2/c1-2-15-7-13-19(14-8-15)23-21(25)17-11-9-16(10-12-17)20(24)22-18-5-3-4-6-18/h7-8,13-14,16-18H,2-6,9-12H2,1H3,(H,22,24)(H,23,25). The summed E-state index contributed by atoms with van der Waals surface area (Å²) in [6.07, 6.45) is 8.98. The van der Waals surface area contributed by atoms with Crippen LogP contribution in [0.1, 0.15) is 63.9 Å². The van der Waals surface area contributed by atoms with Gasteiger partial charge in [-0.05, 0) is 62.6 Å². The topological polar surface area (TPSA) is 58.2 Å². The van der Waals surface area contributed by atoms with Crippen molar-refractivity contribution in [2.75, 3.05) is 5.32 Å². The third-order valence-corrected chi connectivity index (χ3v) is 5.80. The molecule has 3 rings (SSSR count). The maximum atomic E-state index is 12.5. The Balaban J connectivity index is 1.44. The van der Waals surface area contributed by atoms with Crippen molar-refractivity contribution >= 4 is 17.5 Å². The van der Waals surface area contributed by atoms with Crippen LogP contribution in [0, 0.1) is 11.8 Å². The van der Waals surface area contributed by atoms with E-state index in [1.165, 1.54) is 18.4 Å². The van der Waals surface area contributed by atoms with Gasteiger partial charge in [-0.15, -0.1) is 0 Å². The molecule has 2 amide bonds. The molecule has 0 radical (unpaired) electrons. The second-order valence-corrected chi connectivity index (χ2v) is 7.58. The van der Waals surface area contributed by atoms with E-state index in [9.17, 15) is 9.59 Å². The Hall–Kier alpha value is -1.84. The smallest absolute Gasteiger partial charge is 0.227 e. The van der Waals surface area contributed by atoms with Crippen molar-refractivity contribution in [2.45, 2.75) is 70.8 Å². The van der Waals surface area contributed by atoms with Gasteiger partial charge in [0.05, 0.1) is 0 Å². The lowest BCUT2D eigenvalue weighted by atomic mass is 9.81. The average molecular weight is 342 g/mol. The number of benzene rings is 1. The van der Waals surface area contributed by atoms with Gasteiger partial charge in [-0.1, -0.05) is 31.9 Å². The minimum atomic E-state index is 0.0291. The number of nitrogens with one attached hydrogen (secondary N) is 2. The van der Waals surface area contributed by atoms with Crippen LogP contribution in [-0.2, 0) is 16.0 Å². The summed E-state index contributed by atoms with van der Waals surface area (Å²) in [5.74, 6) is 0.426. The molecule has 0 unspecified atom stereocenters. The van der Waals surface area contributed by atoms with Crippen LogP contribution in [0.5, 0.6) is 0 Å². The zero-order chi connectivity index (χ0) is 17.6. The van der Waals surface area contributed by atoms with E-state index in [1.54, 1.807) is 0 Å². The highest BCUT2D eigenvalue weighted by Gasteiger charge is 2.31. The molecule has 2 N–H and O–H groups in total. The second kappa shape index (κ2) is 8.50. The number of aryl methyl sites for hydroxylation is 1. The van der Waals surface area contributed by atoms with Crippen molar-refractivity contribution in [1.29, 1.82) is 0 Å². The van der Waals surface area contributed by atoms with Crippen LogP contribution in [0.15, 0.2) is 24.3 Å². The zero-order valence-corrected chi connectivity index (χ0v) is 15.2. The molecule has 1 aromatic carbocycles. The Kier molecular flexibility index (Phi) is 6.11. The zero-order valence-electron chi connectivity index (χ0n) is 15.2. The molecule has 0 atom stereocenters. The number of carbonyl (C=O) groups excluding carboxylic acids is 2. The molecule has 25 heavy (non-hydrogen) atoms. The summed E-state index contributed by atoms with van der Waals surface area (Å²) in [5.41, 5.74) is 2.13. The quantitative estimate of drug-likeness (QED) is 0.848. The average Bonchev–Trinajstić information content (AvgIpc) is 3.15. The fourth-order valence-corrected chi connectivity index (χ4v) is 4.08. The summed E-state index contributed by atoms with van der Waals surface area (Å²) in [6.45, 7) is 2.12. The van der Waals surface area contributed by atoms with Gasteiger partial charge >= 0.3 is 0 Å². The predicted octanol–water partition coefficient (Wildman–Crippen LogP) is 4.05. The van der Waals surface area contributed by atoms with Gasteiger partial charge in [-0.25, -0.2) is 0 Å². The lowest BCUT2D eigenvalue weighted by molar-refractivity contribution is -0.129. The van der Waals surface area contributed by atoms with E-state index < -0.39 is 0 Å². The molecular formula is C21H30N2O2. The molecule has 0 aliphatic heterocycles. The van der Waals surface area contributed by atoms with Crippen molar-refractivity contribution < 1.29 is 9.59 Å². The van der Waals surface area contributed by atoms with Gasteiger partial charge < -0.3 is 10.6 Å². The predicted molar refractivity (Wildman–Crippen MR) is 100 cm³/mol. The fraction of sp³-hybridized carbons (Fsp3) is 0.619. The van der Waals surface area contributed by atoms with Crippen LogP contribution < -0.4 is 10.6 Å². The summed E-state index contributed by atoms with van der Waals surface area (Å²) in [4.78, 5) is 24.8. The minimum Gasteiger partial charge on any atom is -0.353 e. The Morgan fingerprint density at radius 3 is 2.00 bits per heavy atom. The van der Waals surface area contributed by atoms with E-state index in [0.29, 0.717) is 6.04 Å². The lowest BCUT2D eigenvalue weighted by Gasteiger charge is -2.28. The van der Waals surface area contributed by atoms with Gasteiger partial charge in [-0.3, -0.25) is 9.59 Å². The van der Waals surface area contributed by atoms with E-state index in [0.717, 1.165) is 50.6 Å². The first-order chi connectivity index (χ1) is 12.2. The number of hydrogen-bond acceptors (Lipinski definition) is 2. The first kappa shape index (κ1) is 18.0. The highest BCUT2D eigenvalue weighted by molar-refractivity contribution is 5.92. The van der Waals surface area contributed by atoms with Crippen LogP contribution in [0.3, 0.4) is 0 Å². The van der Waals surface area contributed by atoms with E-state index in [4.69, 9.17) is 0 Å². The van der Waals surface area contributed by atoms with Crippen molar-refractivity contribution in [3.8, 4) is 0 Å². The molecule has 0 spiro atoms. The molecule has 0 aromatic heterocycles. The molecule has 0 heterocycles. The molecule has 2 fully saturated rings. The Morgan fingerprint density at radius 2 is 1.44 bits per heavy atom. The Morgan fingerprint density at radius 1 is 0.880 bits per heavy atom. The summed E-state index contributed by atoms with van der Waals surface area (Å²) in [7, 11) is 0. The largest absolute Gasteiger partial charge is 0.353 e. The molecule has 136 valence electrons. The molecule has 0 bridgehead atoms. The van der Waals surface area contributed by atoms with Gasteiger partial charge in [-0.2, -0.15) is 0 Å². The second-order valence-electron chi connectivity index (χ2n) is 7.58. The molecule has 2 saturated carbocycles. The van der Waals surface area contributed by atoms with E-state index in [-0.39, 0.29) is 23.7 Å². The van der Waals surface area contributed by atoms with Gasteiger partial charge in [0.2, 0.25) is 11.8 Å². The first-order valence-electron chi connectivity index (χ1n) is 9.86. The maximum absolute atomic E-state index is 12.5. The van der Waals surface area contributed by atoms with Crippen LogP contribution in [0.25, 0.3) is 0 Å². The first-order valence-corrected chi connectivity index (χ1v) is 9.86. The highest BCUT2D eigenvalue weighted by Crippen LogP contribution is 2.30. The van der Waals surface area contributed by atoms with Crippen LogP contribution in [-0.4, -0.2) is 17.9 Å². The number of rotatable bonds is 5. The lowest BCUT2D eigenvalue weighted by Crippen LogP contribution is -2.39. The van der Waals surface area contributed by atoms with E-state index >= 15 is 0 Å². The van der Waals surface area contributed by atoms with Crippen LogP contribution in [0.2, 0.25) is 0 Å². The molecule has 1 aromatic rings. The third-order valence-electron chi connectivity index (χ3n) is 5.80. The number of amides is 2. The normalized spacial score (nSPS) is 24.0. The fourth-order valence-electron chi connectivity index (χ4n) is 4.08. The summed E-state index contributed by atoms with van der Waals surface area (Å²) < 4.78 is 0. The highest BCUT2D eigenvalue weighted by atomic mass is 16.2. The minimum absolute atomic E-state index is 0.0291. The maximum Gasteiger partial charge on any atom is 0.227 e. The van der Waals surface area contributed by atoms with Gasteiger partial charge in [0.25, 0.3) is 0 Å². The van der Waals surface area contributed by atoms with E-state index in [2.05, 4.69) is 29.7 Å². The molecule has 4 nitrogen and oxygen atoms in total. The molecular weight excluding hydrogens is 312 g/mol. The summed E-state index contributed by atoms with van der Waals surface area (Å²) in [6, 6.07) is 8.44. The Bertz CT molecular complexity index is 582. The molecule has 4 heteroatoms. The number of carbonyl (C=O) groups is 2. The van der Waals surface area contributed by atoms with Gasteiger partial charge in [0.15, 0.2) is 0 Å². The third kappa shape index (κ3) is 4.83. The number of anilines is 1. The van der Waals surface area contributed by atoms with Crippen molar-refractivity contribution in [2.24, 2.45) is 11.8 Å². The van der Waals surface area contributed by atoms with Crippen molar-refractivity contribution in [3.63, 3.8) is 0 Å². The van der Waals surface area contributed by atoms with Crippen LogP contribution >= 0.6 is 0 Å². The Labute approximate surface area is 150 Å². The molecule has 2 aliphatic carbocycles. The monoisotopic (exact) mass is 342 g/mol. The van der Waals surface area contributed by atoms with Gasteiger partial charge in [0.1, 0.15) is 0 Å². The number of hydrogen-bond donors (Lipinski definition) is 2.